The van der Waals surface area contributed by atoms with E-state index in [2.05, 4.69) is 15.0 Å². The minimum atomic E-state index is -0.287. The third-order valence-corrected chi connectivity index (χ3v) is 4.50. The molecule has 5 nitrogen and oxygen atoms in total. The maximum Gasteiger partial charge on any atom is 0.312 e. The number of hydrogen-bond acceptors (Lipinski definition) is 6. The van der Waals surface area contributed by atoms with Crippen molar-refractivity contribution < 1.29 is 9.52 Å². The molecule has 24 heavy (non-hydrogen) atoms. The van der Waals surface area contributed by atoms with Gasteiger partial charge in [0.15, 0.2) is 5.69 Å². The van der Waals surface area contributed by atoms with E-state index >= 15 is 0 Å². The van der Waals surface area contributed by atoms with E-state index in [0.29, 0.717) is 21.6 Å². The Morgan fingerprint density at radius 2 is 1.88 bits per heavy atom. The first kappa shape index (κ1) is 14.9. The van der Waals surface area contributed by atoms with Crippen LogP contribution in [-0.2, 0) is 0 Å². The molecule has 4 aromatic rings. The molecule has 2 aromatic heterocycles. The Labute approximate surface area is 145 Å². The summed E-state index contributed by atoms with van der Waals surface area (Å²) in [4.78, 5) is 12.9. The quantitative estimate of drug-likeness (QED) is 0.521. The lowest BCUT2D eigenvalue weighted by atomic mass is 10.2. The number of aromatic hydroxyl groups is 1. The number of oxazole rings is 1. The highest BCUT2D eigenvalue weighted by atomic mass is 35.5. The molecule has 118 valence electrons. The van der Waals surface area contributed by atoms with Gasteiger partial charge >= 0.3 is 5.95 Å². The van der Waals surface area contributed by atoms with Gasteiger partial charge in [-0.1, -0.05) is 35.1 Å². The van der Waals surface area contributed by atoms with Crippen molar-refractivity contribution in [2.75, 3.05) is 0 Å². The van der Waals surface area contributed by atoms with Crippen molar-refractivity contribution in [1.29, 1.82) is 0 Å². The van der Waals surface area contributed by atoms with Gasteiger partial charge in [-0.2, -0.15) is 0 Å². The van der Waals surface area contributed by atoms with Crippen LogP contribution in [0.1, 0.15) is 5.69 Å². The number of aromatic nitrogens is 2. The van der Waals surface area contributed by atoms with E-state index in [4.69, 9.17) is 16.0 Å². The van der Waals surface area contributed by atoms with Crippen LogP contribution >= 0.6 is 22.9 Å². The van der Waals surface area contributed by atoms with E-state index in [1.54, 1.807) is 24.3 Å². The van der Waals surface area contributed by atoms with Crippen molar-refractivity contribution >= 4 is 44.5 Å². The van der Waals surface area contributed by atoms with Crippen LogP contribution in [0.25, 0.3) is 21.7 Å². The van der Waals surface area contributed by atoms with Crippen molar-refractivity contribution in [3.63, 3.8) is 0 Å². The Bertz CT molecular complexity index is 1000. The molecule has 0 fully saturated rings. The zero-order valence-corrected chi connectivity index (χ0v) is 13.8. The number of fused-ring (bicyclic) bond motifs is 1. The molecule has 0 atom stereocenters. The van der Waals surface area contributed by atoms with E-state index in [0.717, 1.165) is 10.2 Å². The molecule has 7 heteroatoms. The first-order valence-electron chi connectivity index (χ1n) is 7.04. The Kier molecular flexibility index (Phi) is 3.76. The number of hydrogen-bond donors (Lipinski definition) is 1. The second kappa shape index (κ2) is 6.07. The van der Waals surface area contributed by atoms with Crippen LogP contribution in [0.4, 0.5) is 5.13 Å². The molecule has 0 unspecified atom stereocenters. The molecule has 0 amide bonds. The second-order valence-electron chi connectivity index (χ2n) is 4.94. The van der Waals surface area contributed by atoms with Crippen molar-refractivity contribution in [1.82, 2.24) is 9.97 Å². The maximum absolute atomic E-state index is 9.90. The van der Waals surface area contributed by atoms with Gasteiger partial charge in [0.25, 0.3) is 0 Å². The molecular weight excluding hydrogens is 346 g/mol. The molecule has 1 N–H and O–H groups in total. The Morgan fingerprint density at radius 3 is 2.67 bits per heavy atom. The minimum Gasteiger partial charge on any atom is -0.479 e. The molecule has 4 rings (SSSR count). The van der Waals surface area contributed by atoms with Crippen LogP contribution in [0, 0.1) is 0 Å². The van der Waals surface area contributed by atoms with Crippen LogP contribution in [0.15, 0.2) is 57.9 Å². The fraction of sp³-hybridized carbons (Fsp3) is 0. The van der Waals surface area contributed by atoms with Crippen LogP contribution in [0.5, 0.6) is 5.95 Å². The van der Waals surface area contributed by atoms with Gasteiger partial charge in [-0.25, -0.2) is 15.0 Å². The molecule has 2 heterocycles. The lowest BCUT2D eigenvalue weighted by molar-refractivity contribution is 0.337. The summed E-state index contributed by atoms with van der Waals surface area (Å²) in [5, 5.41) is 11.1. The van der Waals surface area contributed by atoms with Gasteiger partial charge in [-0.3, -0.25) is 0 Å². The monoisotopic (exact) mass is 355 g/mol. The van der Waals surface area contributed by atoms with Gasteiger partial charge in [0, 0.05) is 10.6 Å². The van der Waals surface area contributed by atoms with Crippen LogP contribution in [0.3, 0.4) is 0 Å². The summed E-state index contributed by atoms with van der Waals surface area (Å²) in [5.41, 5.74) is 1.86. The van der Waals surface area contributed by atoms with Gasteiger partial charge in [0.1, 0.15) is 0 Å². The molecule has 0 aliphatic carbocycles. The minimum absolute atomic E-state index is 0.249. The highest BCUT2D eigenvalue weighted by Crippen LogP contribution is 2.29. The fourth-order valence-corrected chi connectivity index (χ4v) is 3.09. The molecule has 0 aliphatic heterocycles. The van der Waals surface area contributed by atoms with Crippen molar-refractivity contribution in [2.24, 2.45) is 4.99 Å². The van der Waals surface area contributed by atoms with Gasteiger partial charge in [-0.15, -0.1) is 0 Å². The first-order chi connectivity index (χ1) is 11.7. The van der Waals surface area contributed by atoms with Crippen molar-refractivity contribution in [3.8, 4) is 17.4 Å². The summed E-state index contributed by atoms with van der Waals surface area (Å²) in [6.07, 6.45) is 1.44. The molecule has 0 spiro atoms. The fourth-order valence-electron chi connectivity index (χ4n) is 2.16. The molecule has 2 aromatic carbocycles. The average Bonchev–Trinajstić information content (AvgIpc) is 3.16. The summed E-state index contributed by atoms with van der Waals surface area (Å²) in [7, 11) is 0. The average molecular weight is 356 g/mol. The molecule has 0 saturated carbocycles. The van der Waals surface area contributed by atoms with E-state index < -0.39 is 0 Å². The van der Waals surface area contributed by atoms with Crippen LogP contribution in [0.2, 0.25) is 5.02 Å². The topological polar surface area (TPSA) is 71.5 Å². The summed E-state index contributed by atoms with van der Waals surface area (Å²) in [6.45, 7) is 0. The Balaban J connectivity index is 1.63. The Hall–Kier alpha value is -2.70. The number of nitrogens with zero attached hydrogens (tertiary/aromatic N) is 3. The smallest absolute Gasteiger partial charge is 0.312 e. The molecule has 0 aliphatic rings. The van der Waals surface area contributed by atoms with Gasteiger partial charge in [0.05, 0.1) is 16.4 Å². The van der Waals surface area contributed by atoms with E-state index in [9.17, 15) is 5.11 Å². The highest BCUT2D eigenvalue weighted by molar-refractivity contribution is 7.22. The third kappa shape index (κ3) is 2.89. The Morgan fingerprint density at radius 1 is 1.08 bits per heavy atom. The van der Waals surface area contributed by atoms with E-state index in [-0.39, 0.29) is 11.6 Å². The largest absolute Gasteiger partial charge is 0.479 e. The zero-order chi connectivity index (χ0) is 16.5. The summed E-state index contributed by atoms with van der Waals surface area (Å²) in [5.74, 6) is 0.0136. The van der Waals surface area contributed by atoms with Gasteiger partial charge in [-0.05, 0) is 36.4 Å². The first-order valence-corrected chi connectivity index (χ1v) is 8.24. The highest BCUT2D eigenvalue weighted by Gasteiger charge is 2.12. The lowest BCUT2D eigenvalue weighted by Crippen LogP contribution is -1.82. The number of rotatable bonds is 3. The van der Waals surface area contributed by atoms with Crippen molar-refractivity contribution in [2.45, 2.75) is 0 Å². The van der Waals surface area contributed by atoms with Crippen LogP contribution in [-0.4, -0.2) is 21.3 Å². The number of aliphatic imine (C=N–C) groups is 1. The number of halogens is 1. The van der Waals surface area contributed by atoms with Gasteiger partial charge in [0.2, 0.25) is 11.0 Å². The zero-order valence-electron chi connectivity index (χ0n) is 12.2. The molecule has 0 bridgehead atoms. The standard InChI is InChI=1S/C17H10ClN3O2S/c18-11-7-5-10(6-8-11)15-20-13(16(22)23-15)9-19-17-21-12-3-1-2-4-14(12)24-17/h1-9,22H. The number of benzene rings is 2. The van der Waals surface area contributed by atoms with Gasteiger partial charge < -0.3 is 9.52 Å². The molecule has 0 radical (unpaired) electrons. The number of thiazole rings is 1. The maximum atomic E-state index is 9.90. The number of para-hydroxylation sites is 1. The normalized spacial score (nSPS) is 11.5. The van der Waals surface area contributed by atoms with Crippen LogP contribution < -0.4 is 0 Å². The summed E-state index contributed by atoms with van der Waals surface area (Å²) < 4.78 is 6.33. The lowest BCUT2D eigenvalue weighted by Gasteiger charge is -1.93. The van der Waals surface area contributed by atoms with Crippen molar-refractivity contribution in [3.05, 3.63) is 59.2 Å². The SMILES string of the molecule is Oc1oc(-c2ccc(Cl)cc2)nc1C=Nc1nc2ccccc2s1. The van der Waals surface area contributed by atoms with E-state index in [1.165, 1.54) is 17.6 Å². The summed E-state index contributed by atoms with van der Waals surface area (Å²) >= 11 is 7.32. The predicted octanol–water partition coefficient (Wildman–Crippen LogP) is 5.06. The third-order valence-electron chi connectivity index (χ3n) is 3.31. The predicted molar refractivity (Wildman–Crippen MR) is 95.5 cm³/mol. The second-order valence-corrected chi connectivity index (χ2v) is 6.38. The van der Waals surface area contributed by atoms with E-state index in [1.807, 2.05) is 24.3 Å². The molecule has 0 saturated heterocycles. The molecular formula is C17H10ClN3O2S. The summed E-state index contributed by atoms with van der Waals surface area (Å²) in [6, 6.07) is 14.8.